The predicted molar refractivity (Wildman–Crippen MR) is 224 cm³/mol. The first kappa shape index (κ1) is 49.9. The monoisotopic (exact) mass is 739 g/mol. The molecule has 0 spiro atoms. The van der Waals surface area contributed by atoms with Crippen molar-refractivity contribution in [3.8, 4) is 0 Å². The van der Waals surface area contributed by atoms with E-state index in [1.165, 1.54) is 44.9 Å². The number of allylic oxidation sites excluding steroid dienone is 12. The molecule has 0 bridgehead atoms. The topological polar surface area (TPSA) is 78.9 Å². The summed E-state index contributed by atoms with van der Waals surface area (Å²) in [7, 11) is 0. The highest BCUT2D eigenvalue weighted by molar-refractivity contribution is 5.71. The SMILES string of the molecule is CC/C=C\C/C=C\C/C=C\C/C=C\C/C=C\CCCC(=O)OCC(COC(=O)CCCCCCCCCC)OC(=O)CCCCCCC/C=C\CCC. The van der Waals surface area contributed by atoms with Gasteiger partial charge in [0.25, 0.3) is 0 Å². The number of hydrogen-bond acceptors (Lipinski definition) is 6. The fraction of sp³-hybridized carbons (Fsp3) is 0.681. The van der Waals surface area contributed by atoms with E-state index in [4.69, 9.17) is 14.2 Å². The molecule has 302 valence electrons. The highest BCUT2D eigenvalue weighted by atomic mass is 16.6. The Morgan fingerprint density at radius 1 is 0.396 bits per heavy atom. The third kappa shape index (κ3) is 39.9. The molecule has 0 aliphatic heterocycles. The third-order valence-corrected chi connectivity index (χ3v) is 8.68. The lowest BCUT2D eigenvalue weighted by molar-refractivity contribution is -0.167. The van der Waals surface area contributed by atoms with E-state index in [1.807, 2.05) is 0 Å². The normalized spacial score (nSPS) is 12.7. The minimum atomic E-state index is -0.796. The number of carbonyl (C=O) groups is 3. The lowest BCUT2D eigenvalue weighted by atomic mass is 10.1. The van der Waals surface area contributed by atoms with E-state index in [-0.39, 0.29) is 37.5 Å². The van der Waals surface area contributed by atoms with Gasteiger partial charge in [-0.2, -0.15) is 0 Å². The van der Waals surface area contributed by atoms with Crippen molar-refractivity contribution in [3.05, 3.63) is 72.9 Å². The minimum Gasteiger partial charge on any atom is -0.462 e. The van der Waals surface area contributed by atoms with Crippen LogP contribution in [0.25, 0.3) is 0 Å². The molecule has 0 heterocycles. The summed E-state index contributed by atoms with van der Waals surface area (Å²) in [5.41, 5.74) is 0. The molecule has 0 aliphatic rings. The zero-order chi connectivity index (χ0) is 38.7. The second kappa shape index (κ2) is 41.6. The fourth-order valence-corrected chi connectivity index (χ4v) is 5.48. The van der Waals surface area contributed by atoms with Gasteiger partial charge in [-0.25, -0.2) is 0 Å². The van der Waals surface area contributed by atoms with E-state index in [0.29, 0.717) is 19.3 Å². The van der Waals surface area contributed by atoms with E-state index in [0.717, 1.165) is 96.3 Å². The molecule has 0 radical (unpaired) electrons. The Kier molecular flexibility index (Phi) is 39.1. The molecule has 1 unspecified atom stereocenters. The highest BCUT2D eigenvalue weighted by Crippen LogP contribution is 2.12. The maximum Gasteiger partial charge on any atom is 0.306 e. The number of rotatable bonds is 37. The zero-order valence-corrected chi connectivity index (χ0v) is 34.3. The van der Waals surface area contributed by atoms with Gasteiger partial charge in [0.05, 0.1) is 0 Å². The van der Waals surface area contributed by atoms with Crippen molar-refractivity contribution >= 4 is 17.9 Å². The molecule has 6 heteroatoms. The lowest BCUT2D eigenvalue weighted by Gasteiger charge is -2.18. The summed E-state index contributed by atoms with van der Waals surface area (Å²) in [6, 6.07) is 0. The first-order chi connectivity index (χ1) is 26.0. The van der Waals surface area contributed by atoms with E-state index < -0.39 is 6.10 Å². The van der Waals surface area contributed by atoms with Gasteiger partial charge in [-0.1, -0.05) is 164 Å². The van der Waals surface area contributed by atoms with Gasteiger partial charge in [-0.15, -0.1) is 0 Å². The van der Waals surface area contributed by atoms with Crippen molar-refractivity contribution in [1.82, 2.24) is 0 Å². The molecule has 0 fully saturated rings. The van der Waals surface area contributed by atoms with Crippen LogP contribution in [0.2, 0.25) is 0 Å². The molecule has 0 saturated heterocycles. The van der Waals surface area contributed by atoms with Gasteiger partial charge >= 0.3 is 17.9 Å². The average Bonchev–Trinajstić information content (AvgIpc) is 3.15. The van der Waals surface area contributed by atoms with Gasteiger partial charge in [0.2, 0.25) is 0 Å². The Bertz CT molecular complexity index is 1030. The summed E-state index contributed by atoms with van der Waals surface area (Å²) < 4.78 is 16.6. The predicted octanol–water partition coefficient (Wildman–Crippen LogP) is 13.5. The molecular formula is C47H78O6. The number of unbranched alkanes of at least 4 members (excludes halogenated alkanes) is 14. The van der Waals surface area contributed by atoms with Gasteiger partial charge in [-0.05, 0) is 77.0 Å². The molecular weight excluding hydrogens is 661 g/mol. The van der Waals surface area contributed by atoms with Crippen molar-refractivity contribution in [2.45, 2.75) is 194 Å². The van der Waals surface area contributed by atoms with Crippen molar-refractivity contribution in [1.29, 1.82) is 0 Å². The van der Waals surface area contributed by atoms with Gasteiger partial charge in [0.15, 0.2) is 6.10 Å². The van der Waals surface area contributed by atoms with Crippen LogP contribution in [-0.4, -0.2) is 37.2 Å². The molecule has 0 rings (SSSR count). The van der Waals surface area contributed by atoms with Crippen LogP contribution >= 0.6 is 0 Å². The molecule has 53 heavy (non-hydrogen) atoms. The summed E-state index contributed by atoms with van der Waals surface area (Å²) in [4.78, 5) is 37.5. The van der Waals surface area contributed by atoms with E-state index >= 15 is 0 Å². The summed E-state index contributed by atoms with van der Waals surface area (Å²) in [5, 5.41) is 0. The van der Waals surface area contributed by atoms with Gasteiger partial charge in [-0.3, -0.25) is 14.4 Å². The first-order valence-corrected chi connectivity index (χ1v) is 21.4. The number of ether oxygens (including phenoxy) is 3. The van der Waals surface area contributed by atoms with Crippen LogP contribution < -0.4 is 0 Å². The van der Waals surface area contributed by atoms with Crippen LogP contribution in [0.3, 0.4) is 0 Å². The number of esters is 3. The van der Waals surface area contributed by atoms with E-state index in [1.54, 1.807) is 0 Å². The van der Waals surface area contributed by atoms with Crippen LogP contribution in [0.1, 0.15) is 188 Å². The molecule has 0 N–H and O–H groups in total. The zero-order valence-electron chi connectivity index (χ0n) is 34.3. The summed E-state index contributed by atoms with van der Waals surface area (Å²) in [6.45, 7) is 6.34. The number of hydrogen-bond donors (Lipinski definition) is 0. The Labute approximate surface area is 325 Å². The maximum absolute atomic E-state index is 12.6. The van der Waals surface area contributed by atoms with Gasteiger partial charge in [0, 0.05) is 19.3 Å². The third-order valence-electron chi connectivity index (χ3n) is 8.68. The van der Waals surface area contributed by atoms with Crippen LogP contribution in [0, 0.1) is 0 Å². The molecule has 0 aromatic heterocycles. The quantitative estimate of drug-likeness (QED) is 0.0273. The van der Waals surface area contributed by atoms with E-state index in [9.17, 15) is 14.4 Å². The van der Waals surface area contributed by atoms with Crippen molar-refractivity contribution in [2.75, 3.05) is 13.2 Å². The maximum atomic E-state index is 12.6. The second-order valence-corrected chi connectivity index (χ2v) is 13.9. The van der Waals surface area contributed by atoms with Crippen LogP contribution in [0.15, 0.2) is 72.9 Å². The smallest absolute Gasteiger partial charge is 0.306 e. The lowest BCUT2D eigenvalue weighted by Crippen LogP contribution is -2.30. The Morgan fingerprint density at radius 3 is 1.32 bits per heavy atom. The molecule has 0 amide bonds. The summed E-state index contributed by atoms with van der Waals surface area (Å²) >= 11 is 0. The summed E-state index contributed by atoms with van der Waals surface area (Å²) in [5.74, 6) is -0.982. The Balaban J connectivity index is 4.44. The van der Waals surface area contributed by atoms with Gasteiger partial charge < -0.3 is 14.2 Å². The minimum absolute atomic E-state index is 0.0968. The molecule has 6 nitrogen and oxygen atoms in total. The molecule has 0 aromatic rings. The van der Waals surface area contributed by atoms with Crippen LogP contribution in [0.4, 0.5) is 0 Å². The Morgan fingerprint density at radius 2 is 0.792 bits per heavy atom. The largest absolute Gasteiger partial charge is 0.462 e. The summed E-state index contributed by atoms with van der Waals surface area (Å²) in [6.07, 6.45) is 50.4. The number of carbonyl (C=O) groups excluding carboxylic acids is 3. The molecule has 1 atom stereocenters. The van der Waals surface area contributed by atoms with Crippen LogP contribution in [-0.2, 0) is 28.6 Å². The van der Waals surface area contributed by atoms with Crippen molar-refractivity contribution < 1.29 is 28.6 Å². The van der Waals surface area contributed by atoms with Crippen molar-refractivity contribution in [3.63, 3.8) is 0 Å². The fourth-order valence-electron chi connectivity index (χ4n) is 5.48. The average molecular weight is 739 g/mol. The van der Waals surface area contributed by atoms with E-state index in [2.05, 4.69) is 93.7 Å². The highest BCUT2D eigenvalue weighted by Gasteiger charge is 2.19. The van der Waals surface area contributed by atoms with Crippen molar-refractivity contribution in [2.24, 2.45) is 0 Å². The Hall–Kier alpha value is -3.15. The van der Waals surface area contributed by atoms with Crippen LogP contribution in [0.5, 0.6) is 0 Å². The van der Waals surface area contributed by atoms with Gasteiger partial charge in [0.1, 0.15) is 13.2 Å². The molecule has 0 aromatic carbocycles. The second-order valence-electron chi connectivity index (χ2n) is 13.9. The molecule has 0 aliphatic carbocycles. The standard InChI is InChI=1S/C47H78O6/c1-4-7-10-13-16-19-21-22-23-24-25-26-27-29-31-34-37-40-46(49)52-43-44(42-51-45(48)39-36-33-30-18-15-12-9-6-3)53-47(50)41-38-35-32-28-20-17-14-11-8-5-2/h7,10-11,14,16,19,22-23,25-26,29,31,44H,4-6,8-9,12-13,15,17-18,20-21,24,27-28,30,32-43H2,1-3H3/b10-7-,14-11-,19-16-,23-22-,26-25-,31-29-. The first-order valence-electron chi connectivity index (χ1n) is 21.4. The molecule has 0 saturated carbocycles.